The van der Waals surface area contributed by atoms with Crippen LogP contribution in [0.4, 0.5) is 0 Å². The molecule has 21 heavy (non-hydrogen) atoms. The summed E-state index contributed by atoms with van der Waals surface area (Å²) in [5.74, 6) is -0.725. The van der Waals surface area contributed by atoms with Gasteiger partial charge in [-0.1, -0.05) is 11.6 Å². The van der Waals surface area contributed by atoms with Crippen LogP contribution in [-0.4, -0.2) is 41.8 Å². The minimum atomic E-state index is -0.865. The second-order valence-electron chi connectivity index (χ2n) is 5.12. The van der Waals surface area contributed by atoms with E-state index in [1.807, 2.05) is 0 Å². The molecule has 7 heteroatoms. The monoisotopic (exact) mass is 311 g/mol. The number of piperidine rings is 1. The highest BCUT2D eigenvalue weighted by atomic mass is 35.5. The highest BCUT2D eigenvalue weighted by Crippen LogP contribution is 2.40. The van der Waals surface area contributed by atoms with Gasteiger partial charge in [0, 0.05) is 18.7 Å². The summed E-state index contributed by atoms with van der Waals surface area (Å²) in [6.45, 7) is 0.854. The number of hydrogen-bond donors (Lipinski definition) is 1. The number of carbonyl (C=O) groups is 2. The Kier molecular flexibility index (Phi) is 3.63. The van der Waals surface area contributed by atoms with E-state index in [4.69, 9.17) is 26.2 Å². The highest BCUT2D eigenvalue weighted by Gasteiger charge is 2.30. The summed E-state index contributed by atoms with van der Waals surface area (Å²) in [5.41, 5.74) is 0.385. The molecule has 1 fully saturated rings. The van der Waals surface area contributed by atoms with E-state index < -0.39 is 11.9 Å². The molecule has 0 spiro atoms. The van der Waals surface area contributed by atoms with Crippen molar-refractivity contribution in [3.05, 3.63) is 22.7 Å². The molecule has 2 heterocycles. The zero-order valence-corrected chi connectivity index (χ0v) is 11.9. The molecule has 112 valence electrons. The smallest absolute Gasteiger partial charge is 0.308 e. The average molecular weight is 312 g/mol. The second kappa shape index (κ2) is 5.44. The van der Waals surface area contributed by atoms with Crippen LogP contribution in [0.5, 0.6) is 11.5 Å². The van der Waals surface area contributed by atoms with Gasteiger partial charge in [-0.2, -0.15) is 0 Å². The first-order chi connectivity index (χ1) is 10.1. The molecule has 0 saturated carbocycles. The highest BCUT2D eigenvalue weighted by molar-refractivity contribution is 6.32. The molecule has 3 rings (SSSR count). The van der Waals surface area contributed by atoms with Gasteiger partial charge in [-0.15, -0.1) is 0 Å². The van der Waals surface area contributed by atoms with E-state index in [1.54, 1.807) is 11.0 Å². The number of nitrogens with zero attached hydrogens (tertiary/aromatic N) is 1. The van der Waals surface area contributed by atoms with Gasteiger partial charge in [0.05, 0.1) is 10.9 Å². The quantitative estimate of drug-likeness (QED) is 0.904. The number of halogens is 1. The van der Waals surface area contributed by atoms with Gasteiger partial charge in [0.25, 0.3) is 5.91 Å². The lowest BCUT2D eigenvalue weighted by Crippen LogP contribution is -2.42. The molecule has 0 unspecified atom stereocenters. The van der Waals surface area contributed by atoms with E-state index in [-0.39, 0.29) is 19.2 Å². The third-order valence-corrected chi connectivity index (χ3v) is 4.01. The molecule has 1 aromatic carbocycles. The number of fused-ring (bicyclic) bond motifs is 1. The summed E-state index contributed by atoms with van der Waals surface area (Å²) in [4.78, 5) is 25.1. The van der Waals surface area contributed by atoms with Gasteiger partial charge in [0.1, 0.15) is 0 Å². The maximum Gasteiger partial charge on any atom is 0.308 e. The van der Waals surface area contributed by atoms with Crippen molar-refractivity contribution in [2.45, 2.75) is 12.8 Å². The lowest BCUT2D eigenvalue weighted by atomic mass is 9.97. The van der Waals surface area contributed by atoms with Crippen LogP contribution in [0.1, 0.15) is 23.2 Å². The fourth-order valence-electron chi connectivity index (χ4n) is 2.64. The Hall–Kier alpha value is -1.95. The van der Waals surface area contributed by atoms with Gasteiger partial charge >= 0.3 is 5.97 Å². The predicted molar refractivity (Wildman–Crippen MR) is 73.8 cm³/mol. The van der Waals surface area contributed by atoms with Gasteiger partial charge in [-0.25, -0.2) is 0 Å². The topological polar surface area (TPSA) is 76.1 Å². The van der Waals surface area contributed by atoms with Crippen molar-refractivity contribution in [2.75, 3.05) is 19.9 Å². The Balaban J connectivity index is 1.82. The maximum atomic E-state index is 12.5. The van der Waals surface area contributed by atoms with Crippen LogP contribution >= 0.6 is 11.6 Å². The second-order valence-corrected chi connectivity index (χ2v) is 5.53. The summed E-state index contributed by atoms with van der Waals surface area (Å²) in [6.07, 6.45) is 1.28. The van der Waals surface area contributed by atoms with Gasteiger partial charge < -0.3 is 19.5 Å². The minimum absolute atomic E-state index is 0.0809. The van der Waals surface area contributed by atoms with Crippen molar-refractivity contribution >= 4 is 23.5 Å². The average Bonchev–Trinajstić information content (AvgIpc) is 2.95. The fraction of sp³-hybridized carbons (Fsp3) is 0.429. The van der Waals surface area contributed by atoms with Gasteiger partial charge in [0.15, 0.2) is 11.5 Å². The first-order valence-electron chi connectivity index (χ1n) is 6.67. The zero-order chi connectivity index (χ0) is 15.0. The molecule has 1 N–H and O–H groups in total. The lowest BCUT2D eigenvalue weighted by molar-refractivity contribution is -0.143. The van der Waals surface area contributed by atoms with Crippen molar-refractivity contribution in [2.24, 2.45) is 5.92 Å². The number of carboxylic acids is 1. The van der Waals surface area contributed by atoms with Crippen LogP contribution in [0.25, 0.3) is 0 Å². The molecular weight excluding hydrogens is 298 g/mol. The molecule has 0 radical (unpaired) electrons. The Morgan fingerprint density at radius 1 is 1.33 bits per heavy atom. The largest absolute Gasteiger partial charge is 0.481 e. The number of hydrogen-bond acceptors (Lipinski definition) is 4. The molecule has 2 aliphatic heterocycles. The first kappa shape index (κ1) is 14.0. The summed E-state index contributed by atoms with van der Waals surface area (Å²) in [7, 11) is 0. The van der Waals surface area contributed by atoms with Gasteiger partial charge in [0.2, 0.25) is 6.79 Å². The summed E-state index contributed by atoms with van der Waals surface area (Å²) in [6, 6.07) is 3.11. The Labute approximate surface area is 126 Å². The SMILES string of the molecule is O=C(O)[C@H]1CCCN(C(=O)c2cc(Cl)c3c(c2)OCO3)C1. The van der Waals surface area contributed by atoms with Crippen molar-refractivity contribution in [1.82, 2.24) is 4.90 Å². The van der Waals surface area contributed by atoms with E-state index in [1.165, 1.54) is 6.07 Å². The summed E-state index contributed by atoms with van der Waals surface area (Å²) in [5, 5.41) is 9.40. The number of carbonyl (C=O) groups excluding carboxylic acids is 1. The van der Waals surface area contributed by atoms with E-state index >= 15 is 0 Å². The number of rotatable bonds is 2. The zero-order valence-electron chi connectivity index (χ0n) is 11.2. The van der Waals surface area contributed by atoms with E-state index in [9.17, 15) is 9.59 Å². The molecule has 1 aromatic rings. The third kappa shape index (κ3) is 2.63. The normalized spacial score (nSPS) is 20.4. The van der Waals surface area contributed by atoms with Crippen molar-refractivity contribution in [1.29, 1.82) is 0 Å². The lowest BCUT2D eigenvalue weighted by Gasteiger charge is -2.30. The number of amides is 1. The summed E-state index contributed by atoms with van der Waals surface area (Å²) < 4.78 is 10.4. The molecule has 0 bridgehead atoms. The molecule has 2 aliphatic rings. The van der Waals surface area contributed by atoms with Crippen LogP contribution in [0.15, 0.2) is 12.1 Å². The Bertz CT molecular complexity index is 603. The predicted octanol–water partition coefficient (Wildman–Crippen LogP) is 2.01. The van der Waals surface area contributed by atoms with Gasteiger partial charge in [-0.3, -0.25) is 9.59 Å². The molecule has 1 atom stereocenters. The fourth-order valence-corrected chi connectivity index (χ4v) is 2.90. The first-order valence-corrected chi connectivity index (χ1v) is 7.05. The number of aliphatic carboxylic acids is 1. The molecule has 1 amide bonds. The van der Waals surface area contributed by atoms with Crippen LogP contribution in [0.3, 0.4) is 0 Å². The Morgan fingerprint density at radius 3 is 2.90 bits per heavy atom. The van der Waals surface area contributed by atoms with E-state index in [2.05, 4.69) is 0 Å². The third-order valence-electron chi connectivity index (χ3n) is 3.73. The number of carboxylic acid groups (broad SMARTS) is 1. The van der Waals surface area contributed by atoms with Crippen molar-refractivity contribution in [3.8, 4) is 11.5 Å². The van der Waals surface area contributed by atoms with Gasteiger partial charge in [-0.05, 0) is 25.0 Å². The Morgan fingerprint density at radius 2 is 2.14 bits per heavy atom. The number of benzene rings is 1. The summed E-state index contributed by atoms with van der Waals surface area (Å²) >= 11 is 6.07. The maximum absolute atomic E-state index is 12.5. The molecule has 6 nitrogen and oxygen atoms in total. The minimum Gasteiger partial charge on any atom is -0.481 e. The molecule has 0 aliphatic carbocycles. The van der Waals surface area contributed by atoms with Crippen LogP contribution in [0, 0.1) is 5.92 Å². The van der Waals surface area contributed by atoms with Crippen LogP contribution in [-0.2, 0) is 4.79 Å². The van der Waals surface area contributed by atoms with E-state index in [0.717, 1.165) is 0 Å². The van der Waals surface area contributed by atoms with Crippen LogP contribution in [0.2, 0.25) is 5.02 Å². The molecular formula is C14H14ClNO5. The number of ether oxygens (including phenoxy) is 2. The molecule has 1 saturated heterocycles. The van der Waals surface area contributed by atoms with Crippen LogP contribution < -0.4 is 9.47 Å². The van der Waals surface area contributed by atoms with E-state index in [0.29, 0.717) is 41.5 Å². The number of likely N-dealkylation sites (tertiary alicyclic amines) is 1. The van der Waals surface area contributed by atoms with Crippen molar-refractivity contribution in [3.63, 3.8) is 0 Å². The standard InChI is InChI=1S/C14H14ClNO5/c15-10-4-9(5-11-12(10)21-7-20-11)13(17)16-3-1-2-8(6-16)14(18)19/h4-5,8H,1-3,6-7H2,(H,18,19)/t8-/m0/s1. The van der Waals surface area contributed by atoms with Crippen molar-refractivity contribution < 1.29 is 24.2 Å². The molecule has 0 aromatic heterocycles.